The summed E-state index contributed by atoms with van der Waals surface area (Å²) in [5.74, 6) is 0.343. The van der Waals surface area contributed by atoms with Crippen LogP contribution in [0.15, 0.2) is 17.9 Å². The molecule has 0 amide bonds. The molecule has 0 unspecified atom stereocenters. The van der Waals surface area contributed by atoms with E-state index >= 15 is 0 Å². The first kappa shape index (κ1) is 16.3. The summed E-state index contributed by atoms with van der Waals surface area (Å²) in [7, 11) is 3.08. The first-order valence-corrected chi connectivity index (χ1v) is 6.98. The summed E-state index contributed by atoms with van der Waals surface area (Å²) in [5, 5.41) is 0. The van der Waals surface area contributed by atoms with Gasteiger partial charge < -0.3 is 4.74 Å². The van der Waals surface area contributed by atoms with Crippen LogP contribution in [0.2, 0.25) is 0 Å². The second kappa shape index (κ2) is 6.34. The summed E-state index contributed by atoms with van der Waals surface area (Å²) < 4.78 is 33.8. The van der Waals surface area contributed by atoms with Gasteiger partial charge in [-0.2, -0.15) is 8.78 Å². The van der Waals surface area contributed by atoms with Crippen molar-refractivity contribution in [2.45, 2.75) is 26.7 Å². The predicted octanol–water partition coefficient (Wildman–Crippen LogP) is 2.70. The van der Waals surface area contributed by atoms with Crippen LogP contribution in [0.25, 0.3) is 5.57 Å². The number of alkyl halides is 2. The summed E-state index contributed by atoms with van der Waals surface area (Å²) in [6.07, 6.45) is -2.13. The molecule has 1 aliphatic rings. The van der Waals surface area contributed by atoms with Crippen LogP contribution in [0.4, 0.5) is 8.78 Å². The smallest absolute Gasteiger partial charge is 0.321 e. The highest BCUT2D eigenvalue weighted by atomic mass is 19.3. The molecule has 1 aromatic rings. The van der Waals surface area contributed by atoms with Gasteiger partial charge in [-0.15, -0.1) is 0 Å². The lowest BCUT2D eigenvalue weighted by Gasteiger charge is -2.19. The Morgan fingerprint density at radius 1 is 1.41 bits per heavy atom. The summed E-state index contributed by atoms with van der Waals surface area (Å²) in [4.78, 5) is 16.0. The monoisotopic (exact) mass is 309 g/mol. The van der Waals surface area contributed by atoms with Gasteiger partial charge in [0.05, 0.1) is 19.2 Å². The van der Waals surface area contributed by atoms with Gasteiger partial charge in [-0.3, -0.25) is 9.78 Å². The number of Topliss-reactive ketones (excluding diaryl/α,β-unsaturated/α-hetero) is 1. The van der Waals surface area contributed by atoms with Crippen LogP contribution in [-0.4, -0.2) is 48.2 Å². The van der Waals surface area contributed by atoms with Crippen molar-refractivity contribution in [3.05, 3.63) is 34.8 Å². The van der Waals surface area contributed by atoms with Crippen molar-refractivity contribution < 1.29 is 22.9 Å². The Morgan fingerprint density at radius 2 is 2.09 bits per heavy atom. The van der Waals surface area contributed by atoms with E-state index in [2.05, 4.69) is 4.98 Å². The van der Waals surface area contributed by atoms with Crippen LogP contribution < -0.4 is 0 Å². The molecule has 0 aliphatic carbocycles. The van der Waals surface area contributed by atoms with Gasteiger partial charge in [0.15, 0.2) is 5.78 Å². The molecule has 2 heterocycles. The van der Waals surface area contributed by atoms with Crippen LogP contribution in [0, 0.1) is 6.92 Å². The van der Waals surface area contributed by atoms with Crippen LogP contribution >= 0.6 is 0 Å². The molecule has 4 nitrogen and oxygen atoms in total. The average molecular weight is 309 g/mol. The summed E-state index contributed by atoms with van der Waals surface area (Å²) >= 11 is 0. The highest BCUT2D eigenvalue weighted by molar-refractivity contribution is 6.23. The lowest BCUT2D eigenvalue weighted by Crippen LogP contribution is -2.32. The van der Waals surface area contributed by atoms with Crippen molar-refractivity contribution in [3.63, 3.8) is 0 Å². The number of rotatable bonds is 4. The molecule has 0 saturated heterocycles. The van der Waals surface area contributed by atoms with Gasteiger partial charge in [-0.05, 0) is 26.0 Å². The minimum atomic E-state index is -2.64. The topological polar surface area (TPSA) is 42.2 Å². The quantitative estimate of drug-likeness (QED) is 0.634. The Morgan fingerprint density at radius 3 is 2.64 bits per heavy atom. The van der Waals surface area contributed by atoms with Gasteiger partial charge in [0.2, 0.25) is 0 Å². The number of hydrogen-bond donors (Lipinski definition) is 0. The lowest BCUT2D eigenvalue weighted by molar-refractivity contribution is -0.500. The van der Waals surface area contributed by atoms with Gasteiger partial charge in [0.25, 0.3) is 5.71 Å². The largest absolute Gasteiger partial charge is 0.500 e. The number of aromatic nitrogens is 1. The molecule has 0 N–H and O–H groups in total. The van der Waals surface area contributed by atoms with Crippen LogP contribution in [0.5, 0.6) is 0 Å². The first-order valence-electron chi connectivity index (χ1n) is 6.98. The molecular weight excluding hydrogens is 290 g/mol. The standard InChI is InChI=1S/C16H19F2N2O2/c1-9-7-11(10(2)21)8-12(19-9)14-13(22-4)5-6-20(3)15(14)16(17)18/h7-8,16H,5-6H2,1-4H3/q+1. The zero-order valence-electron chi connectivity index (χ0n) is 13.1. The number of pyridine rings is 1. The van der Waals surface area contributed by atoms with E-state index in [9.17, 15) is 13.6 Å². The maximum absolute atomic E-state index is 13.5. The van der Waals surface area contributed by atoms with Gasteiger partial charge in [0, 0.05) is 11.3 Å². The second-order valence-corrected chi connectivity index (χ2v) is 5.30. The van der Waals surface area contributed by atoms with E-state index in [1.807, 2.05) is 0 Å². The molecule has 22 heavy (non-hydrogen) atoms. The Balaban J connectivity index is 2.70. The summed E-state index contributed by atoms with van der Waals surface area (Å²) in [6, 6.07) is 3.19. The van der Waals surface area contributed by atoms with Crippen LogP contribution in [-0.2, 0) is 4.74 Å². The molecule has 1 aromatic heterocycles. The number of methoxy groups -OCH3 is 1. The van der Waals surface area contributed by atoms with Crippen molar-refractivity contribution in [1.29, 1.82) is 0 Å². The molecule has 0 bridgehead atoms. The molecule has 0 fully saturated rings. The molecule has 0 aromatic carbocycles. The molecule has 118 valence electrons. The van der Waals surface area contributed by atoms with E-state index in [1.54, 1.807) is 26.1 Å². The fourth-order valence-corrected chi connectivity index (χ4v) is 2.60. The van der Waals surface area contributed by atoms with Gasteiger partial charge in [-0.25, -0.2) is 4.58 Å². The number of nitrogens with zero attached hydrogens (tertiary/aromatic N) is 2. The highest BCUT2D eigenvalue weighted by Gasteiger charge is 2.36. The minimum Gasteiger partial charge on any atom is -0.500 e. The maximum atomic E-state index is 13.5. The maximum Gasteiger partial charge on any atom is 0.321 e. The summed E-state index contributed by atoms with van der Waals surface area (Å²) in [6.45, 7) is 3.63. The van der Waals surface area contributed by atoms with E-state index in [0.717, 1.165) is 0 Å². The molecule has 0 radical (unpaired) electrons. The third-order valence-electron chi connectivity index (χ3n) is 3.69. The number of halogens is 2. The van der Waals surface area contributed by atoms with Crippen molar-refractivity contribution in [2.24, 2.45) is 0 Å². The number of ketones is 1. The lowest BCUT2D eigenvalue weighted by atomic mass is 9.97. The van der Waals surface area contributed by atoms with Gasteiger partial charge >= 0.3 is 6.43 Å². The number of hydrogen-bond acceptors (Lipinski definition) is 3. The Hall–Kier alpha value is -2.11. The van der Waals surface area contributed by atoms with E-state index in [-0.39, 0.29) is 17.1 Å². The number of carbonyl (C=O) groups is 1. The number of carbonyl (C=O) groups excluding carboxylic acids is 1. The molecule has 2 rings (SSSR count). The molecule has 6 heteroatoms. The van der Waals surface area contributed by atoms with Gasteiger partial charge in [0.1, 0.15) is 24.9 Å². The zero-order valence-corrected chi connectivity index (χ0v) is 13.1. The normalized spacial score (nSPS) is 15.6. The third kappa shape index (κ3) is 3.05. The Labute approximate surface area is 128 Å². The van der Waals surface area contributed by atoms with Crippen LogP contribution in [0.1, 0.15) is 35.1 Å². The zero-order chi connectivity index (χ0) is 16.4. The van der Waals surface area contributed by atoms with E-state index < -0.39 is 6.43 Å². The fraction of sp³-hybridized carbons (Fsp3) is 0.438. The number of allylic oxidation sites excluding steroid dienone is 1. The number of aryl methyl sites for hydroxylation is 1. The van der Waals surface area contributed by atoms with Crippen molar-refractivity contribution in [3.8, 4) is 0 Å². The second-order valence-electron chi connectivity index (χ2n) is 5.30. The molecule has 0 spiro atoms. The van der Waals surface area contributed by atoms with Crippen LogP contribution in [0.3, 0.4) is 0 Å². The highest BCUT2D eigenvalue weighted by Crippen LogP contribution is 2.28. The van der Waals surface area contributed by atoms with Crippen molar-refractivity contribution in [2.75, 3.05) is 20.7 Å². The Kier molecular flexibility index (Phi) is 4.68. The SMILES string of the molecule is COC1=C(c2cc(C(C)=O)cc(C)n2)C(C(F)F)=[N+](C)CC1. The first-order chi connectivity index (χ1) is 10.3. The summed E-state index contributed by atoms with van der Waals surface area (Å²) in [5.41, 5.74) is 1.58. The number of ether oxygens (including phenoxy) is 1. The van der Waals surface area contributed by atoms with Gasteiger partial charge in [-0.1, -0.05) is 0 Å². The van der Waals surface area contributed by atoms with Crippen molar-refractivity contribution in [1.82, 2.24) is 4.98 Å². The van der Waals surface area contributed by atoms with E-state index in [4.69, 9.17) is 4.74 Å². The molecule has 0 atom stereocenters. The fourth-order valence-electron chi connectivity index (χ4n) is 2.60. The van der Waals surface area contributed by atoms with Crippen molar-refractivity contribution >= 4 is 17.1 Å². The molecule has 1 aliphatic heterocycles. The molecule has 0 saturated carbocycles. The predicted molar refractivity (Wildman–Crippen MR) is 79.6 cm³/mol. The van der Waals surface area contributed by atoms with E-state index in [0.29, 0.717) is 35.7 Å². The molecular formula is C16H19F2N2O2+. The Bertz CT molecular complexity index is 679. The van der Waals surface area contributed by atoms with E-state index in [1.165, 1.54) is 18.6 Å². The third-order valence-corrected chi connectivity index (χ3v) is 3.69. The average Bonchev–Trinajstić information content (AvgIpc) is 2.45. The minimum absolute atomic E-state index is 0.115.